The molecule has 1 aliphatic heterocycles. The molecule has 0 radical (unpaired) electrons. The Balaban J connectivity index is 0.00000242. The Hall–Kier alpha value is -1.09. The van der Waals surface area contributed by atoms with E-state index in [0.717, 1.165) is 11.1 Å². The van der Waals surface area contributed by atoms with Crippen LogP contribution in [0.25, 0.3) is 0 Å². The molecule has 7 heteroatoms. The van der Waals surface area contributed by atoms with Crippen molar-refractivity contribution >= 4 is 29.9 Å². The predicted molar refractivity (Wildman–Crippen MR) is 95.2 cm³/mol. The quantitative estimate of drug-likeness (QED) is 0.446. The smallest absolute Gasteiger partial charge is 0.189 e. The normalized spacial score (nSPS) is 14.6. The number of nitrogens with zero attached hydrogens (tertiary/aromatic N) is 1. The molecule has 1 aromatic rings. The van der Waals surface area contributed by atoms with Crippen LogP contribution in [0.5, 0.6) is 5.75 Å². The van der Waals surface area contributed by atoms with Crippen LogP contribution < -0.4 is 15.8 Å². The van der Waals surface area contributed by atoms with Gasteiger partial charge in [-0.15, -0.1) is 24.0 Å². The van der Waals surface area contributed by atoms with Crippen LogP contribution in [0.15, 0.2) is 17.1 Å². The van der Waals surface area contributed by atoms with E-state index in [1.165, 1.54) is 12.1 Å². The van der Waals surface area contributed by atoms with E-state index in [4.69, 9.17) is 15.2 Å². The fourth-order valence-corrected chi connectivity index (χ4v) is 2.16. The fourth-order valence-electron chi connectivity index (χ4n) is 2.16. The van der Waals surface area contributed by atoms with Crippen LogP contribution in [0.2, 0.25) is 0 Å². The van der Waals surface area contributed by atoms with Gasteiger partial charge in [0.15, 0.2) is 12.8 Å². The molecule has 0 saturated carbocycles. The van der Waals surface area contributed by atoms with Crippen LogP contribution in [-0.2, 0) is 17.8 Å². The molecule has 2 rings (SSSR count). The van der Waals surface area contributed by atoms with Crippen molar-refractivity contribution in [3.8, 4) is 5.75 Å². The van der Waals surface area contributed by atoms with Crippen molar-refractivity contribution in [1.29, 1.82) is 0 Å². The number of rotatable bonds is 3. The summed E-state index contributed by atoms with van der Waals surface area (Å²) in [6.45, 7) is 7.05. The zero-order valence-electron chi connectivity index (χ0n) is 13.1. The number of ether oxygens (including phenoxy) is 2. The molecule has 0 amide bonds. The van der Waals surface area contributed by atoms with Crippen LogP contribution in [-0.4, -0.2) is 24.8 Å². The maximum atomic E-state index is 13.6. The molecule has 0 atom stereocenters. The van der Waals surface area contributed by atoms with Crippen molar-refractivity contribution < 1.29 is 13.9 Å². The van der Waals surface area contributed by atoms with Crippen LogP contribution in [0, 0.1) is 5.82 Å². The van der Waals surface area contributed by atoms with Crippen molar-refractivity contribution in [3.05, 3.63) is 29.1 Å². The molecule has 0 saturated heterocycles. The van der Waals surface area contributed by atoms with Crippen molar-refractivity contribution in [1.82, 2.24) is 5.32 Å². The summed E-state index contributed by atoms with van der Waals surface area (Å²) in [7, 11) is 0. The van der Waals surface area contributed by atoms with Crippen LogP contribution >= 0.6 is 24.0 Å². The highest BCUT2D eigenvalue weighted by Crippen LogP contribution is 2.29. The lowest BCUT2D eigenvalue weighted by Gasteiger charge is -2.21. The lowest BCUT2D eigenvalue weighted by Crippen LogP contribution is -2.45. The topological polar surface area (TPSA) is 68.9 Å². The summed E-state index contributed by atoms with van der Waals surface area (Å²) < 4.78 is 24.2. The molecule has 1 aliphatic rings. The SMILES string of the molecule is CC(C)(C)NC(N)=NCCc1cc(F)cc2c1OCOC2.I. The molecule has 22 heavy (non-hydrogen) atoms. The van der Waals surface area contributed by atoms with E-state index in [1.54, 1.807) is 0 Å². The average molecular weight is 423 g/mol. The molecule has 0 bridgehead atoms. The van der Waals surface area contributed by atoms with Crippen LogP contribution in [0.3, 0.4) is 0 Å². The Morgan fingerprint density at radius 1 is 1.41 bits per heavy atom. The third-order valence-electron chi connectivity index (χ3n) is 2.92. The highest BCUT2D eigenvalue weighted by molar-refractivity contribution is 14.0. The zero-order valence-corrected chi connectivity index (χ0v) is 15.4. The van der Waals surface area contributed by atoms with Gasteiger partial charge in [-0.3, -0.25) is 4.99 Å². The van der Waals surface area contributed by atoms with E-state index in [9.17, 15) is 4.39 Å². The molecule has 3 N–H and O–H groups in total. The summed E-state index contributed by atoms with van der Waals surface area (Å²) in [5.41, 5.74) is 7.20. The largest absolute Gasteiger partial charge is 0.467 e. The Morgan fingerprint density at radius 2 is 2.14 bits per heavy atom. The number of hydrogen-bond acceptors (Lipinski definition) is 3. The summed E-state index contributed by atoms with van der Waals surface area (Å²) >= 11 is 0. The zero-order chi connectivity index (χ0) is 15.5. The number of halogens is 2. The summed E-state index contributed by atoms with van der Waals surface area (Å²) in [6.07, 6.45) is 0.562. The molecule has 0 aliphatic carbocycles. The summed E-state index contributed by atoms with van der Waals surface area (Å²) in [5.74, 6) is 0.805. The first kappa shape index (κ1) is 19.0. The number of nitrogens with one attached hydrogen (secondary N) is 1. The third kappa shape index (κ3) is 5.60. The summed E-state index contributed by atoms with van der Waals surface area (Å²) in [6, 6.07) is 2.92. The van der Waals surface area contributed by atoms with E-state index in [1.807, 2.05) is 20.8 Å². The molecule has 1 heterocycles. The first-order chi connectivity index (χ1) is 9.85. The Morgan fingerprint density at radius 3 is 2.82 bits per heavy atom. The van der Waals surface area contributed by atoms with Gasteiger partial charge in [0.2, 0.25) is 0 Å². The lowest BCUT2D eigenvalue weighted by atomic mass is 10.1. The number of aliphatic imine (C=N–C) groups is 1. The van der Waals surface area contributed by atoms with Crippen LogP contribution in [0.4, 0.5) is 4.39 Å². The number of fused-ring (bicyclic) bond motifs is 1. The van der Waals surface area contributed by atoms with Gasteiger partial charge in [0, 0.05) is 17.6 Å². The number of nitrogens with two attached hydrogens (primary N) is 1. The van der Waals surface area contributed by atoms with Gasteiger partial charge in [-0.1, -0.05) is 0 Å². The average Bonchev–Trinajstić information content (AvgIpc) is 2.36. The minimum Gasteiger partial charge on any atom is -0.467 e. The molecule has 0 spiro atoms. The molecular weight excluding hydrogens is 400 g/mol. The maximum absolute atomic E-state index is 13.6. The van der Waals surface area contributed by atoms with E-state index >= 15 is 0 Å². The second-order valence-corrected chi connectivity index (χ2v) is 6.06. The number of benzene rings is 1. The number of guanidine groups is 1. The van der Waals surface area contributed by atoms with Gasteiger partial charge in [-0.05, 0) is 44.9 Å². The molecule has 1 aromatic carbocycles. The Kier molecular flexibility index (Phi) is 6.86. The van der Waals surface area contributed by atoms with Gasteiger partial charge in [0.1, 0.15) is 11.6 Å². The molecule has 0 fully saturated rings. The summed E-state index contributed by atoms with van der Waals surface area (Å²) in [5, 5.41) is 3.08. The van der Waals surface area contributed by atoms with E-state index in [0.29, 0.717) is 31.3 Å². The second-order valence-electron chi connectivity index (χ2n) is 6.06. The van der Waals surface area contributed by atoms with Gasteiger partial charge in [0.25, 0.3) is 0 Å². The van der Waals surface area contributed by atoms with E-state index in [-0.39, 0.29) is 42.1 Å². The molecular formula is C15H23FIN3O2. The minimum atomic E-state index is -0.289. The molecule has 0 aromatic heterocycles. The van der Waals surface area contributed by atoms with Crippen molar-refractivity contribution in [3.63, 3.8) is 0 Å². The van der Waals surface area contributed by atoms with Crippen molar-refractivity contribution in [2.24, 2.45) is 10.7 Å². The van der Waals surface area contributed by atoms with E-state index in [2.05, 4.69) is 10.3 Å². The van der Waals surface area contributed by atoms with Gasteiger partial charge in [-0.25, -0.2) is 4.39 Å². The Bertz CT molecular complexity index is 544. The lowest BCUT2D eigenvalue weighted by molar-refractivity contribution is -0.0172. The molecule has 0 unspecified atom stereocenters. The standard InChI is InChI=1S/C15H22FN3O2.HI/c1-15(2,3)19-14(17)18-5-4-10-6-12(16)7-11-8-20-9-21-13(10)11;/h6-7H,4-5,8-9H2,1-3H3,(H3,17,18,19);1H. The fraction of sp³-hybridized carbons (Fsp3) is 0.533. The summed E-state index contributed by atoms with van der Waals surface area (Å²) in [4.78, 5) is 4.26. The van der Waals surface area contributed by atoms with Crippen LogP contribution in [0.1, 0.15) is 31.9 Å². The van der Waals surface area contributed by atoms with Crippen molar-refractivity contribution in [2.75, 3.05) is 13.3 Å². The van der Waals surface area contributed by atoms with Crippen molar-refractivity contribution in [2.45, 2.75) is 39.3 Å². The molecule has 124 valence electrons. The highest BCUT2D eigenvalue weighted by Gasteiger charge is 2.16. The first-order valence-electron chi connectivity index (χ1n) is 6.95. The molecule has 5 nitrogen and oxygen atoms in total. The minimum absolute atomic E-state index is 0. The second kappa shape index (κ2) is 7.96. The van der Waals surface area contributed by atoms with Gasteiger partial charge in [-0.2, -0.15) is 0 Å². The third-order valence-corrected chi connectivity index (χ3v) is 2.92. The Labute approximate surface area is 147 Å². The van der Waals surface area contributed by atoms with Gasteiger partial charge >= 0.3 is 0 Å². The van der Waals surface area contributed by atoms with Gasteiger partial charge in [0.05, 0.1) is 6.61 Å². The first-order valence-corrected chi connectivity index (χ1v) is 6.95. The van der Waals surface area contributed by atoms with Gasteiger partial charge < -0.3 is 20.5 Å². The predicted octanol–water partition coefficient (Wildman–Crippen LogP) is 2.56. The van der Waals surface area contributed by atoms with E-state index < -0.39 is 0 Å². The highest BCUT2D eigenvalue weighted by atomic mass is 127. The number of hydrogen-bond donors (Lipinski definition) is 2. The monoisotopic (exact) mass is 423 g/mol. The maximum Gasteiger partial charge on any atom is 0.189 e.